The van der Waals surface area contributed by atoms with Gasteiger partial charge in [-0.15, -0.1) is 10.2 Å². The molecule has 0 radical (unpaired) electrons. The number of thioether (sulfide) groups is 1. The van der Waals surface area contributed by atoms with Gasteiger partial charge in [-0.1, -0.05) is 11.8 Å². The van der Waals surface area contributed by atoms with Crippen molar-refractivity contribution in [2.45, 2.75) is 19.1 Å². The zero-order valence-electron chi connectivity index (χ0n) is 7.53. The Labute approximate surface area is 80.3 Å². The third-order valence-corrected chi connectivity index (χ3v) is 2.03. The monoisotopic (exact) mass is 201 g/mol. The minimum atomic E-state index is -0.0247. The molecule has 1 rings (SSSR count). The number of nitrogens with zero attached hydrogens (tertiary/aromatic N) is 2. The quantitative estimate of drug-likeness (QED) is 0.723. The first-order chi connectivity index (χ1) is 6.22. The average Bonchev–Trinajstić information content (AvgIpc) is 2.49. The number of aryl methyl sites for hydroxylation is 1. The molecule has 0 aliphatic heterocycles. The van der Waals surface area contributed by atoms with Gasteiger partial charge < -0.3 is 9.73 Å². The maximum atomic E-state index is 11.0. The molecule has 72 valence electrons. The Morgan fingerprint density at radius 2 is 2.38 bits per heavy atom. The van der Waals surface area contributed by atoms with Gasteiger partial charge >= 0.3 is 0 Å². The normalized spacial score (nSPS) is 10.0. The Bertz CT molecular complexity index is 287. The van der Waals surface area contributed by atoms with Crippen LogP contribution in [0.25, 0.3) is 0 Å². The molecule has 0 bridgehead atoms. The summed E-state index contributed by atoms with van der Waals surface area (Å²) in [4.78, 5) is 11.0. The van der Waals surface area contributed by atoms with E-state index in [0.29, 0.717) is 23.4 Å². The molecule has 1 heterocycles. The smallest absolute Gasteiger partial charge is 0.277 e. The van der Waals surface area contributed by atoms with Crippen LogP contribution in [0.5, 0.6) is 0 Å². The Hall–Kier alpha value is -1.04. The lowest BCUT2D eigenvalue weighted by molar-refractivity contribution is -0.118. The van der Waals surface area contributed by atoms with Crippen LogP contribution in [0.1, 0.15) is 12.8 Å². The van der Waals surface area contributed by atoms with E-state index in [1.54, 1.807) is 6.92 Å². The molecule has 1 aromatic heterocycles. The number of amides is 1. The summed E-state index contributed by atoms with van der Waals surface area (Å²) >= 11 is 1.24. The fraction of sp³-hybridized carbons (Fsp3) is 0.571. The summed E-state index contributed by atoms with van der Waals surface area (Å²) in [5.74, 6) is 0.803. The van der Waals surface area contributed by atoms with Gasteiger partial charge in [0, 0.05) is 13.5 Å². The molecule has 5 nitrogen and oxygen atoms in total. The molecule has 0 unspecified atom stereocenters. The lowest BCUT2D eigenvalue weighted by Crippen LogP contribution is -2.24. The van der Waals surface area contributed by atoms with E-state index in [1.807, 2.05) is 6.92 Å². The van der Waals surface area contributed by atoms with Crippen molar-refractivity contribution in [1.29, 1.82) is 0 Å². The van der Waals surface area contributed by atoms with E-state index in [1.165, 1.54) is 11.8 Å². The SMILES string of the molecule is CCNC(=O)CSc1nnc(C)o1. The van der Waals surface area contributed by atoms with Crippen molar-refractivity contribution in [1.82, 2.24) is 15.5 Å². The van der Waals surface area contributed by atoms with Crippen LogP contribution in [-0.2, 0) is 4.79 Å². The van der Waals surface area contributed by atoms with Gasteiger partial charge in [-0.3, -0.25) is 4.79 Å². The number of hydrogen-bond acceptors (Lipinski definition) is 5. The zero-order valence-corrected chi connectivity index (χ0v) is 8.35. The predicted octanol–water partition coefficient (Wildman–Crippen LogP) is 0.606. The first-order valence-corrected chi connectivity index (χ1v) is 4.90. The van der Waals surface area contributed by atoms with Gasteiger partial charge in [-0.25, -0.2) is 0 Å². The standard InChI is InChI=1S/C7H11N3O2S/c1-3-8-6(11)4-13-7-10-9-5(2)12-7/h3-4H2,1-2H3,(H,8,11). The fourth-order valence-electron chi connectivity index (χ4n) is 0.712. The van der Waals surface area contributed by atoms with Crippen LogP contribution in [-0.4, -0.2) is 28.4 Å². The number of aromatic nitrogens is 2. The Morgan fingerprint density at radius 3 is 2.92 bits per heavy atom. The highest BCUT2D eigenvalue weighted by molar-refractivity contribution is 7.99. The molecule has 1 N–H and O–H groups in total. The first-order valence-electron chi connectivity index (χ1n) is 3.92. The Balaban J connectivity index is 2.30. The van der Waals surface area contributed by atoms with Gasteiger partial charge in [0.15, 0.2) is 0 Å². The van der Waals surface area contributed by atoms with Crippen LogP contribution in [0.3, 0.4) is 0 Å². The summed E-state index contributed by atoms with van der Waals surface area (Å²) in [7, 11) is 0. The maximum Gasteiger partial charge on any atom is 0.277 e. The van der Waals surface area contributed by atoms with Gasteiger partial charge in [-0.2, -0.15) is 0 Å². The molecule has 0 atom stereocenters. The minimum absolute atomic E-state index is 0.0247. The van der Waals surface area contributed by atoms with E-state index in [0.717, 1.165) is 0 Å². The first kappa shape index (κ1) is 10.0. The number of hydrogen-bond donors (Lipinski definition) is 1. The van der Waals surface area contributed by atoms with Gasteiger partial charge in [0.1, 0.15) is 0 Å². The summed E-state index contributed by atoms with van der Waals surface area (Å²) in [6, 6.07) is 0. The zero-order chi connectivity index (χ0) is 9.68. The van der Waals surface area contributed by atoms with Gasteiger partial charge in [0.05, 0.1) is 5.75 Å². The van der Waals surface area contributed by atoms with E-state index >= 15 is 0 Å². The van der Waals surface area contributed by atoms with Crippen molar-refractivity contribution in [2.24, 2.45) is 0 Å². The summed E-state index contributed by atoms with van der Waals surface area (Å²) in [5.41, 5.74) is 0. The third-order valence-electron chi connectivity index (χ3n) is 1.21. The molecule has 13 heavy (non-hydrogen) atoms. The largest absolute Gasteiger partial charge is 0.416 e. The topological polar surface area (TPSA) is 68.0 Å². The highest BCUT2D eigenvalue weighted by Crippen LogP contribution is 2.14. The fourth-order valence-corrected chi connectivity index (χ4v) is 1.35. The summed E-state index contributed by atoms with van der Waals surface area (Å²) < 4.78 is 5.07. The molecule has 0 saturated heterocycles. The number of carbonyl (C=O) groups is 1. The van der Waals surface area contributed by atoms with E-state index in [2.05, 4.69) is 15.5 Å². The molecule has 0 fully saturated rings. The maximum absolute atomic E-state index is 11.0. The van der Waals surface area contributed by atoms with Crippen LogP contribution in [0.4, 0.5) is 0 Å². The summed E-state index contributed by atoms with van der Waals surface area (Å²) in [6.07, 6.45) is 0. The molecule has 0 aromatic carbocycles. The molecule has 0 aliphatic carbocycles. The molecular weight excluding hydrogens is 190 g/mol. The van der Waals surface area contributed by atoms with Gasteiger partial charge in [0.2, 0.25) is 11.8 Å². The Kier molecular flexibility index (Phi) is 3.75. The molecule has 1 aromatic rings. The Morgan fingerprint density at radius 1 is 1.62 bits per heavy atom. The van der Waals surface area contributed by atoms with Crippen LogP contribution in [0.15, 0.2) is 9.64 Å². The number of carbonyl (C=O) groups excluding carboxylic acids is 1. The van der Waals surface area contributed by atoms with Crippen LogP contribution < -0.4 is 5.32 Å². The second-order valence-electron chi connectivity index (χ2n) is 2.33. The summed E-state index contributed by atoms with van der Waals surface area (Å²) in [6.45, 7) is 4.23. The van der Waals surface area contributed by atoms with Gasteiger partial charge in [0.25, 0.3) is 5.22 Å². The van der Waals surface area contributed by atoms with E-state index in [9.17, 15) is 4.79 Å². The number of rotatable bonds is 4. The molecule has 0 saturated carbocycles. The average molecular weight is 201 g/mol. The third kappa shape index (κ3) is 3.45. The molecule has 0 spiro atoms. The molecular formula is C7H11N3O2S. The second-order valence-corrected chi connectivity index (χ2v) is 3.26. The van der Waals surface area contributed by atoms with Crippen LogP contribution >= 0.6 is 11.8 Å². The van der Waals surface area contributed by atoms with E-state index in [-0.39, 0.29) is 5.91 Å². The van der Waals surface area contributed by atoms with Crippen molar-refractivity contribution in [3.05, 3.63) is 5.89 Å². The summed E-state index contributed by atoms with van der Waals surface area (Å²) in [5, 5.41) is 10.5. The van der Waals surface area contributed by atoms with Crippen molar-refractivity contribution in [3.63, 3.8) is 0 Å². The lowest BCUT2D eigenvalue weighted by Gasteiger charge is -1.97. The highest BCUT2D eigenvalue weighted by Gasteiger charge is 2.06. The molecule has 6 heteroatoms. The van der Waals surface area contributed by atoms with E-state index in [4.69, 9.17) is 4.42 Å². The van der Waals surface area contributed by atoms with Crippen LogP contribution in [0, 0.1) is 6.92 Å². The van der Waals surface area contributed by atoms with Crippen molar-refractivity contribution < 1.29 is 9.21 Å². The van der Waals surface area contributed by atoms with Crippen molar-refractivity contribution in [2.75, 3.05) is 12.3 Å². The number of nitrogens with one attached hydrogen (secondary N) is 1. The minimum Gasteiger partial charge on any atom is -0.416 e. The van der Waals surface area contributed by atoms with Gasteiger partial charge in [-0.05, 0) is 6.92 Å². The van der Waals surface area contributed by atoms with Crippen molar-refractivity contribution in [3.8, 4) is 0 Å². The lowest BCUT2D eigenvalue weighted by atomic mass is 10.6. The highest BCUT2D eigenvalue weighted by atomic mass is 32.2. The van der Waals surface area contributed by atoms with Crippen LogP contribution in [0.2, 0.25) is 0 Å². The predicted molar refractivity (Wildman–Crippen MR) is 48.4 cm³/mol. The second kappa shape index (κ2) is 4.86. The van der Waals surface area contributed by atoms with Crippen molar-refractivity contribution >= 4 is 17.7 Å². The molecule has 0 aliphatic rings. The van der Waals surface area contributed by atoms with E-state index < -0.39 is 0 Å². The molecule has 1 amide bonds.